The molecule has 0 saturated carbocycles. The number of nitrogens with one attached hydrogen (secondary N) is 2. The predicted octanol–water partition coefficient (Wildman–Crippen LogP) is 3.27. The van der Waals surface area contributed by atoms with Crippen molar-refractivity contribution >= 4 is 23.1 Å². The van der Waals surface area contributed by atoms with E-state index in [0.717, 1.165) is 48.3 Å². The van der Waals surface area contributed by atoms with Crippen LogP contribution in [0.5, 0.6) is 0 Å². The molecule has 2 aromatic heterocycles. The predicted molar refractivity (Wildman–Crippen MR) is 83.7 cm³/mol. The van der Waals surface area contributed by atoms with Crippen LogP contribution in [0.25, 0.3) is 22.3 Å². The lowest BCUT2D eigenvalue weighted by Crippen LogP contribution is -2.15. The summed E-state index contributed by atoms with van der Waals surface area (Å²) in [5, 5.41) is 8.48. The van der Waals surface area contributed by atoms with Crippen LogP contribution in [0.4, 0.5) is 0 Å². The molecular weight excluding hydrogens is 284 g/mol. The van der Waals surface area contributed by atoms with Crippen LogP contribution in [-0.4, -0.2) is 32.5 Å². The molecule has 3 aromatic rings. The number of nitrogens with zero attached hydrogens (tertiary/aromatic N) is 2. The van der Waals surface area contributed by atoms with E-state index in [1.165, 1.54) is 0 Å². The summed E-state index contributed by atoms with van der Waals surface area (Å²) >= 11 is 5.38. The minimum Gasteiger partial charge on any atom is -0.376 e. The van der Waals surface area contributed by atoms with Gasteiger partial charge in [0.1, 0.15) is 0 Å². The molecule has 1 fully saturated rings. The van der Waals surface area contributed by atoms with Gasteiger partial charge in [-0.3, -0.25) is 9.67 Å². The Balaban J connectivity index is 1.80. The lowest BCUT2D eigenvalue weighted by molar-refractivity contribution is 0.0970. The number of benzene rings is 1. The van der Waals surface area contributed by atoms with E-state index < -0.39 is 0 Å². The molecule has 0 spiro atoms. The Labute approximate surface area is 126 Å². The highest BCUT2D eigenvalue weighted by molar-refractivity contribution is 7.71. The van der Waals surface area contributed by atoms with Gasteiger partial charge in [0.15, 0.2) is 10.6 Å². The lowest BCUT2D eigenvalue weighted by Gasteiger charge is -2.11. The normalized spacial score (nSPS) is 18.6. The third-order valence-corrected chi connectivity index (χ3v) is 4.31. The van der Waals surface area contributed by atoms with Crippen molar-refractivity contribution < 1.29 is 4.74 Å². The second kappa shape index (κ2) is 5.13. The fourth-order valence-electron chi connectivity index (χ4n) is 2.94. The van der Waals surface area contributed by atoms with Crippen LogP contribution in [0.2, 0.25) is 0 Å². The van der Waals surface area contributed by atoms with Crippen molar-refractivity contribution in [3.05, 3.63) is 35.2 Å². The van der Waals surface area contributed by atoms with Crippen molar-refractivity contribution in [2.75, 3.05) is 6.61 Å². The molecule has 0 bridgehead atoms. The highest BCUT2D eigenvalue weighted by atomic mass is 32.1. The van der Waals surface area contributed by atoms with Gasteiger partial charge in [0, 0.05) is 29.3 Å². The molecule has 5 nitrogen and oxygen atoms in total. The second-order valence-electron chi connectivity index (χ2n) is 5.35. The van der Waals surface area contributed by atoms with Crippen molar-refractivity contribution in [2.45, 2.75) is 25.5 Å². The standard InChI is InChI=1S/C15H16N4OS/c21-15-18-17-14(19(15)9-10-4-3-7-20-10)12-8-16-13-6-2-1-5-11(12)13/h1-2,5-6,8,10,16H,3-4,7,9H2,(H,18,21)/t10-/m0/s1. The fraction of sp³-hybridized carbons (Fsp3) is 0.333. The average molecular weight is 300 g/mol. The number of hydrogen-bond donors (Lipinski definition) is 2. The van der Waals surface area contributed by atoms with Gasteiger partial charge in [-0.1, -0.05) is 18.2 Å². The topological polar surface area (TPSA) is 58.6 Å². The van der Waals surface area contributed by atoms with Crippen molar-refractivity contribution in [1.29, 1.82) is 0 Å². The first kappa shape index (κ1) is 12.8. The van der Waals surface area contributed by atoms with E-state index in [9.17, 15) is 0 Å². The van der Waals surface area contributed by atoms with Gasteiger partial charge in [-0.2, -0.15) is 5.10 Å². The molecule has 1 aromatic carbocycles. The number of aromatic nitrogens is 4. The largest absolute Gasteiger partial charge is 0.376 e. The second-order valence-corrected chi connectivity index (χ2v) is 5.73. The molecule has 0 radical (unpaired) electrons. The summed E-state index contributed by atoms with van der Waals surface area (Å²) in [6, 6.07) is 8.21. The molecule has 1 saturated heterocycles. The number of aromatic amines is 2. The Bertz CT molecular complexity index is 825. The van der Waals surface area contributed by atoms with E-state index in [2.05, 4.69) is 27.3 Å². The third kappa shape index (κ3) is 2.20. The maximum atomic E-state index is 5.72. The zero-order valence-corrected chi connectivity index (χ0v) is 12.3. The van der Waals surface area contributed by atoms with Crippen molar-refractivity contribution in [1.82, 2.24) is 19.7 Å². The number of para-hydroxylation sites is 1. The summed E-state index contributed by atoms with van der Waals surface area (Å²) in [4.78, 5) is 3.28. The maximum Gasteiger partial charge on any atom is 0.195 e. The molecule has 1 atom stereocenters. The van der Waals surface area contributed by atoms with E-state index >= 15 is 0 Å². The van der Waals surface area contributed by atoms with Gasteiger partial charge in [0.25, 0.3) is 0 Å². The first-order valence-corrected chi connectivity index (χ1v) is 7.57. The summed E-state index contributed by atoms with van der Waals surface area (Å²) in [5.41, 5.74) is 2.17. The van der Waals surface area contributed by atoms with E-state index in [1.54, 1.807) is 0 Å². The zero-order chi connectivity index (χ0) is 14.2. The van der Waals surface area contributed by atoms with E-state index in [1.807, 2.05) is 22.9 Å². The van der Waals surface area contributed by atoms with Gasteiger partial charge >= 0.3 is 0 Å². The molecule has 1 aliphatic rings. The van der Waals surface area contributed by atoms with Crippen molar-refractivity contribution in [3.8, 4) is 11.4 Å². The first-order chi connectivity index (χ1) is 10.3. The average Bonchev–Trinajstić information content (AvgIpc) is 3.21. The number of H-pyrrole nitrogens is 2. The van der Waals surface area contributed by atoms with Crippen LogP contribution in [0, 0.1) is 4.77 Å². The smallest absolute Gasteiger partial charge is 0.195 e. The van der Waals surface area contributed by atoms with E-state index in [4.69, 9.17) is 17.0 Å². The Morgan fingerprint density at radius 1 is 1.38 bits per heavy atom. The monoisotopic (exact) mass is 300 g/mol. The lowest BCUT2D eigenvalue weighted by atomic mass is 10.1. The maximum absolute atomic E-state index is 5.72. The van der Waals surface area contributed by atoms with Crippen LogP contribution in [0.3, 0.4) is 0 Å². The minimum atomic E-state index is 0.234. The fourth-order valence-corrected chi connectivity index (χ4v) is 3.15. The van der Waals surface area contributed by atoms with Crippen LogP contribution >= 0.6 is 12.2 Å². The first-order valence-electron chi connectivity index (χ1n) is 7.16. The summed E-state index contributed by atoms with van der Waals surface area (Å²) in [5.74, 6) is 0.868. The molecule has 1 aliphatic heterocycles. The van der Waals surface area contributed by atoms with Crippen molar-refractivity contribution in [2.24, 2.45) is 0 Å². The van der Waals surface area contributed by atoms with Gasteiger partial charge in [-0.05, 0) is 31.1 Å². The Morgan fingerprint density at radius 3 is 3.14 bits per heavy atom. The summed E-state index contributed by atoms with van der Waals surface area (Å²) in [7, 11) is 0. The number of ether oxygens (including phenoxy) is 1. The Morgan fingerprint density at radius 2 is 2.29 bits per heavy atom. The van der Waals surface area contributed by atoms with Gasteiger partial charge in [0.2, 0.25) is 0 Å². The third-order valence-electron chi connectivity index (χ3n) is 4.00. The number of hydrogen-bond acceptors (Lipinski definition) is 3. The molecule has 108 valence electrons. The minimum absolute atomic E-state index is 0.234. The van der Waals surface area contributed by atoms with Gasteiger partial charge < -0.3 is 9.72 Å². The molecule has 0 aliphatic carbocycles. The molecule has 4 rings (SSSR count). The molecule has 0 amide bonds. The highest BCUT2D eigenvalue weighted by Crippen LogP contribution is 2.28. The van der Waals surface area contributed by atoms with Crippen LogP contribution in [0.15, 0.2) is 30.5 Å². The van der Waals surface area contributed by atoms with Crippen LogP contribution in [0.1, 0.15) is 12.8 Å². The Kier molecular flexibility index (Phi) is 3.12. The molecular formula is C15H16N4OS. The van der Waals surface area contributed by atoms with E-state index in [-0.39, 0.29) is 6.10 Å². The summed E-state index contributed by atoms with van der Waals surface area (Å²) in [6.07, 6.45) is 4.43. The van der Waals surface area contributed by atoms with Crippen LogP contribution < -0.4 is 0 Å². The van der Waals surface area contributed by atoms with Gasteiger partial charge in [-0.25, -0.2) is 0 Å². The molecule has 21 heavy (non-hydrogen) atoms. The highest BCUT2D eigenvalue weighted by Gasteiger charge is 2.20. The van der Waals surface area contributed by atoms with Gasteiger partial charge in [-0.15, -0.1) is 0 Å². The summed E-state index contributed by atoms with van der Waals surface area (Å²) in [6.45, 7) is 1.60. The molecule has 2 N–H and O–H groups in total. The quantitative estimate of drug-likeness (QED) is 0.730. The van der Waals surface area contributed by atoms with Crippen LogP contribution in [-0.2, 0) is 11.3 Å². The molecule has 3 heterocycles. The zero-order valence-electron chi connectivity index (χ0n) is 11.5. The molecule has 6 heteroatoms. The SMILES string of the molecule is S=c1[nH]nc(-c2c[nH]c3ccccc23)n1C[C@@H]1CCCO1. The van der Waals surface area contributed by atoms with E-state index in [0.29, 0.717) is 4.77 Å². The number of fused-ring (bicyclic) bond motifs is 1. The molecule has 0 unspecified atom stereocenters. The Hall–Kier alpha value is -1.92. The van der Waals surface area contributed by atoms with Crippen molar-refractivity contribution in [3.63, 3.8) is 0 Å². The summed E-state index contributed by atoms with van der Waals surface area (Å²) < 4.78 is 8.41. The van der Waals surface area contributed by atoms with Gasteiger partial charge in [0.05, 0.1) is 12.6 Å². The number of rotatable bonds is 3.